The van der Waals surface area contributed by atoms with Crippen molar-refractivity contribution in [2.24, 2.45) is 5.41 Å². The molecule has 0 N–H and O–H groups in total. The van der Waals surface area contributed by atoms with Crippen LogP contribution in [-0.2, 0) is 6.42 Å². The quantitative estimate of drug-likeness (QED) is 0.525. The molecule has 1 unspecified atom stereocenters. The fourth-order valence-electron chi connectivity index (χ4n) is 4.32. The summed E-state index contributed by atoms with van der Waals surface area (Å²) in [6.07, 6.45) is 2.16. The van der Waals surface area contributed by atoms with E-state index in [1.54, 1.807) is 12.1 Å². The lowest BCUT2D eigenvalue weighted by molar-refractivity contribution is 0.241. The van der Waals surface area contributed by atoms with E-state index in [1.807, 2.05) is 19.9 Å². The molecule has 1 heterocycles. The maximum Gasteiger partial charge on any atom is 0.258 e. The summed E-state index contributed by atoms with van der Waals surface area (Å²) in [6.45, 7) is 10.8. The first-order valence-corrected chi connectivity index (χ1v) is 10.4. The van der Waals surface area contributed by atoms with Gasteiger partial charge in [0.1, 0.15) is 11.8 Å². The zero-order chi connectivity index (χ0) is 21.5. The van der Waals surface area contributed by atoms with Gasteiger partial charge in [0, 0.05) is 11.1 Å². The van der Waals surface area contributed by atoms with Gasteiger partial charge in [-0.05, 0) is 67.3 Å². The largest absolute Gasteiger partial charge is 0.490 e. The molecular formula is C25H27N3O2. The van der Waals surface area contributed by atoms with Gasteiger partial charge in [-0.3, -0.25) is 0 Å². The van der Waals surface area contributed by atoms with Gasteiger partial charge in [0.15, 0.2) is 0 Å². The van der Waals surface area contributed by atoms with E-state index < -0.39 is 0 Å². The van der Waals surface area contributed by atoms with Gasteiger partial charge in [0.25, 0.3) is 5.89 Å². The second-order valence-corrected chi connectivity index (χ2v) is 9.24. The molecule has 0 bridgehead atoms. The zero-order valence-electron chi connectivity index (χ0n) is 18.2. The Morgan fingerprint density at radius 1 is 1.20 bits per heavy atom. The molecule has 1 atom stereocenters. The van der Waals surface area contributed by atoms with Gasteiger partial charge >= 0.3 is 0 Å². The minimum atomic E-state index is -0.00458. The van der Waals surface area contributed by atoms with E-state index in [0.29, 0.717) is 34.5 Å². The molecule has 1 aromatic heterocycles. The van der Waals surface area contributed by atoms with Crippen molar-refractivity contribution in [3.05, 3.63) is 53.1 Å². The van der Waals surface area contributed by atoms with Crippen LogP contribution < -0.4 is 4.74 Å². The van der Waals surface area contributed by atoms with Gasteiger partial charge in [-0.25, -0.2) is 0 Å². The summed E-state index contributed by atoms with van der Waals surface area (Å²) < 4.78 is 11.3. The Bertz CT molecular complexity index is 1120. The molecule has 3 aromatic rings. The van der Waals surface area contributed by atoms with Crippen molar-refractivity contribution >= 4 is 0 Å². The fourth-order valence-corrected chi connectivity index (χ4v) is 4.32. The number of nitrogens with zero attached hydrogens (tertiary/aromatic N) is 3. The standard InChI is InChI=1S/C25H27N3O2/c1-15(2)29-22-12-9-16(13-17(22)14-26)24-27-23(28-30-24)20-8-6-7-19-18(20)10-11-21(19)25(3,4)5/h6-9,12-13,15,21H,10-11H2,1-5H3. The Hall–Kier alpha value is -3.13. The van der Waals surface area contributed by atoms with Crippen molar-refractivity contribution in [1.29, 1.82) is 5.26 Å². The van der Waals surface area contributed by atoms with Gasteiger partial charge in [-0.15, -0.1) is 0 Å². The minimum Gasteiger partial charge on any atom is -0.490 e. The van der Waals surface area contributed by atoms with Gasteiger partial charge in [-0.2, -0.15) is 10.2 Å². The molecule has 0 saturated carbocycles. The van der Waals surface area contributed by atoms with E-state index in [0.717, 1.165) is 18.4 Å². The molecule has 0 amide bonds. The molecule has 0 aliphatic heterocycles. The van der Waals surface area contributed by atoms with Gasteiger partial charge in [0.05, 0.1) is 11.7 Å². The van der Waals surface area contributed by atoms with Gasteiger partial charge in [0.2, 0.25) is 5.82 Å². The number of nitriles is 1. The molecule has 0 saturated heterocycles. The van der Waals surface area contributed by atoms with Crippen LogP contribution in [0.3, 0.4) is 0 Å². The summed E-state index contributed by atoms with van der Waals surface area (Å²) in [7, 11) is 0. The number of rotatable bonds is 4. The molecule has 154 valence electrons. The van der Waals surface area contributed by atoms with Crippen LogP contribution in [0.4, 0.5) is 0 Å². The number of benzene rings is 2. The summed E-state index contributed by atoms with van der Waals surface area (Å²) in [4.78, 5) is 4.65. The van der Waals surface area contributed by atoms with Crippen molar-refractivity contribution in [3.63, 3.8) is 0 Å². The number of hydrogen-bond donors (Lipinski definition) is 0. The van der Waals surface area contributed by atoms with Crippen molar-refractivity contribution in [2.75, 3.05) is 0 Å². The highest BCUT2D eigenvalue weighted by Gasteiger charge is 2.34. The second kappa shape index (κ2) is 7.60. The third kappa shape index (κ3) is 3.70. The number of aromatic nitrogens is 2. The van der Waals surface area contributed by atoms with Crippen LogP contribution in [-0.4, -0.2) is 16.2 Å². The number of hydrogen-bond acceptors (Lipinski definition) is 5. The third-order valence-electron chi connectivity index (χ3n) is 5.69. The van der Waals surface area contributed by atoms with Crippen LogP contribution in [0, 0.1) is 16.7 Å². The van der Waals surface area contributed by atoms with Gasteiger partial charge in [-0.1, -0.05) is 44.1 Å². The average Bonchev–Trinajstić information content (AvgIpc) is 3.34. The Morgan fingerprint density at radius 2 is 2.00 bits per heavy atom. The maximum atomic E-state index is 9.49. The van der Waals surface area contributed by atoms with Crippen molar-refractivity contribution in [3.8, 4) is 34.7 Å². The normalized spacial score (nSPS) is 15.8. The molecule has 5 heteroatoms. The topological polar surface area (TPSA) is 71.9 Å². The Labute approximate surface area is 177 Å². The second-order valence-electron chi connectivity index (χ2n) is 9.24. The lowest BCUT2D eigenvalue weighted by atomic mass is 9.77. The maximum absolute atomic E-state index is 9.49. The first-order valence-electron chi connectivity index (χ1n) is 10.4. The summed E-state index contributed by atoms with van der Waals surface area (Å²) in [5, 5.41) is 13.7. The van der Waals surface area contributed by atoms with Crippen LogP contribution in [0.1, 0.15) is 63.6 Å². The van der Waals surface area contributed by atoms with Crippen LogP contribution in [0.5, 0.6) is 5.75 Å². The molecule has 0 radical (unpaired) electrons. The first kappa shape index (κ1) is 20.2. The monoisotopic (exact) mass is 401 g/mol. The fraction of sp³-hybridized carbons (Fsp3) is 0.400. The number of ether oxygens (including phenoxy) is 1. The van der Waals surface area contributed by atoms with Crippen LogP contribution >= 0.6 is 0 Å². The lowest BCUT2D eigenvalue weighted by Crippen LogP contribution is -2.15. The van der Waals surface area contributed by atoms with E-state index in [4.69, 9.17) is 9.26 Å². The van der Waals surface area contributed by atoms with Crippen LogP contribution in [0.25, 0.3) is 22.8 Å². The Balaban J connectivity index is 1.68. The summed E-state index contributed by atoms with van der Waals surface area (Å²) >= 11 is 0. The van der Waals surface area contributed by atoms with Crippen LogP contribution in [0.2, 0.25) is 0 Å². The predicted molar refractivity (Wildman–Crippen MR) is 116 cm³/mol. The molecule has 1 aliphatic rings. The smallest absolute Gasteiger partial charge is 0.258 e. The highest BCUT2D eigenvalue weighted by atomic mass is 16.5. The molecule has 1 aliphatic carbocycles. The van der Waals surface area contributed by atoms with Crippen LogP contribution in [0.15, 0.2) is 40.9 Å². The van der Waals surface area contributed by atoms with Crippen molar-refractivity contribution in [1.82, 2.24) is 10.1 Å². The van der Waals surface area contributed by atoms with Gasteiger partial charge < -0.3 is 9.26 Å². The Kier molecular flexibility index (Phi) is 5.11. The molecule has 30 heavy (non-hydrogen) atoms. The first-order chi connectivity index (χ1) is 14.3. The Morgan fingerprint density at radius 3 is 2.70 bits per heavy atom. The van der Waals surface area contributed by atoms with E-state index in [-0.39, 0.29) is 11.5 Å². The molecule has 2 aromatic carbocycles. The van der Waals surface area contributed by atoms with Crippen molar-refractivity contribution in [2.45, 2.75) is 59.5 Å². The third-order valence-corrected chi connectivity index (χ3v) is 5.69. The SMILES string of the molecule is CC(C)Oc1ccc(-c2nc(-c3cccc4c3CCC4C(C)(C)C)no2)cc1C#N. The van der Waals surface area contributed by atoms with E-state index in [1.165, 1.54) is 11.1 Å². The molecule has 5 nitrogen and oxygen atoms in total. The van der Waals surface area contributed by atoms with E-state index >= 15 is 0 Å². The zero-order valence-corrected chi connectivity index (χ0v) is 18.2. The summed E-state index contributed by atoms with van der Waals surface area (Å²) in [5.41, 5.74) is 5.14. The average molecular weight is 402 g/mol. The predicted octanol–water partition coefficient (Wildman–Crippen LogP) is 6.14. The highest BCUT2D eigenvalue weighted by Crippen LogP contribution is 2.47. The minimum absolute atomic E-state index is 0.00458. The lowest BCUT2D eigenvalue weighted by Gasteiger charge is -2.27. The summed E-state index contributed by atoms with van der Waals surface area (Å²) in [6, 6.07) is 13.9. The van der Waals surface area contributed by atoms with E-state index in [9.17, 15) is 5.26 Å². The summed E-state index contributed by atoms with van der Waals surface area (Å²) in [5.74, 6) is 2.09. The molecule has 0 fully saturated rings. The molecule has 0 spiro atoms. The number of fused-ring (bicyclic) bond motifs is 1. The van der Waals surface area contributed by atoms with E-state index in [2.05, 4.69) is 55.2 Å². The molecule has 4 rings (SSSR count). The van der Waals surface area contributed by atoms with Crippen molar-refractivity contribution < 1.29 is 9.26 Å². The molecular weight excluding hydrogens is 374 g/mol. The highest BCUT2D eigenvalue weighted by molar-refractivity contribution is 5.67.